The lowest BCUT2D eigenvalue weighted by Gasteiger charge is -2.34. The Balaban J connectivity index is 1.23. The van der Waals surface area contributed by atoms with Gasteiger partial charge in [0.15, 0.2) is 0 Å². The number of carbonyl (C=O) groups is 2. The molecule has 0 aromatic heterocycles. The van der Waals surface area contributed by atoms with Gasteiger partial charge in [0.05, 0.1) is 33.0 Å². The van der Waals surface area contributed by atoms with Crippen LogP contribution in [0.5, 0.6) is 11.5 Å². The van der Waals surface area contributed by atoms with E-state index in [-0.39, 0.29) is 23.8 Å². The van der Waals surface area contributed by atoms with E-state index >= 15 is 0 Å². The van der Waals surface area contributed by atoms with Crippen LogP contribution >= 0.6 is 0 Å². The van der Waals surface area contributed by atoms with E-state index in [0.717, 1.165) is 47.7 Å². The molecule has 9 nitrogen and oxygen atoms in total. The first-order valence-electron chi connectivity index (χ1n) is 15.4. The van der Waals surface area contributed by atoms with Crippen molar-refractivity contribution in [3.8, 4) is 11.5 Å². The first-order chi connectivity index (χ1) is 21.4. The minimum Gasteiger partial charge on any atom is -0.496 e. The number of methoxy groups -OCH3 is 1. The second-order valence-corrected chi connectivity index (χ2v) is 10.9. The first kappa shape index (κ1) is 33.0. The average molecular weight is 604 g/mol. The molecular weight excluding hydrogens is 558 g/mol. The standard InChI is InChI=1S/C35H45N3O6/c1-25(35(40)38-32-11-6-4-9-28(32)17-20-37-26(2)39)44-34-23-36-19-18-31(34)27-13-15-30(16-14-27)43-22-8-21-42-24-29-10-5-7-12-33(29)41-3/h4-7,9-16,25,31,34,36H,8,17-24H2,1-3H3,(H,37,39)(H,38,40)/t25-,31+,34-/m0/s1. The molecule has 3 atom stereocenters. The lowest BCUT2D eigenvalue weighted by atomic mass is 9.87. The Hall–Kier alpha value is -3.92. The molecular formula is C35H45N3O6. The van der Waals surface area contributed by atoms with E-state index in [0.29, 0.717) is 39.3 Å². The fourth-order valence-corrected chi connectivity index (χ4v) is 5.31. The highest BCUT2D eigenvalue weighted by Gasteiger charge is 2.30. The summed E-state index contributed by atoms with van der Waals surface area (Å²) in [5.41, 5.74) is 3.89. The SMILES string of the molecule is COc1ccccc1COCCCOc1ccc([C@H]2CCNC[C@@H]2O[C@@H](C)C(=O)Nc2ccccc2CCNC(C)=O)cc1. The summed E-state index contributed by atoms with van der Waals surface area (Å²) in [7, 11) is 1.66. The second-order valence-electron chi connectivity index (χ2n) is 10.9. The highest BCUT2D eigenvalue weighted by molar-refractivity contribution is 5.94. The fraction of sp³-hybridized carbons (Fsp3) is 0.429. The minimum atomic E-state index is -0.640. The number of hydrogen-bond acceptors (Lipinski definition) is 7. The van der Waals surface area contributed by atoms with Crippen molar-refractivity contribution in [2.75, 3.05) is 45.3 Å². The Morgan fingerprint density at radius 3 is 2.50 bits per heavy atom. The molecule has 3 aromatic rings. The number of amides is 2. The topological polar surface area (TPSA) is 107 Å². The minimum absolute atomic E-state index is 0.0754. The quantitative estimate of drug-likeness (QED) is 0.201. The molecule has 1 heterocycles. The van der Waals surface area contributed by atoms with E-state index < -0.39 is 6.10 Å². The van der Waals surface area contributed by atoms with E-state index in [2.05, 4.69) is 28.1 Å². The van der Waals surface area contributed by atoms with Crippen LogP contribution in [0.25, 0.3) is 0 Å². The van der Waals surface area contributed by atoms with Gasteiger partial charge in [0.1, 0.15) is 17.6 Å². The third-order valence-corrected chi connectivity index (χ3v) is 7.68. The highest BCUT2D eigenvalue weighted by Crippen LogP contribution is 2.30. The third kappa shape index (κ3) is 10.1. The Bertz CT molecular complexity index is 1330. The maximum absolute atomic E-state index is 13.1. The number of anilines is 1. The first-order valence-corrected chi connectivity index (χ1v) is 15.4. The van der Waals surface area contributed by atoms with Gasteiger partial charge in [-0.1, -0.05) is 48.5 Å². The van der Waals surface area contributed by atoms with Crippen LogP contribution in [0, 0.1) is 0 Å². The summed E-state index contributed by atoms with van der Waals surface area (Å²) in [5.74, 6) is 1.54. The molecule has 3 N–H and O–H groups in total. The second kappa shape index (κ2) is 17.4. The molecule has 44 heavy (non-hydrogen) atoms. The van der Waals surface area contributed by atoms with Crippen molar-refractivity contribution >= 4 is 17.5 Å². The van der Waals surface area contributed by atoms with Crippen molar-refractivity contribution in [3.63, 3.8) is 0 Å². The molecule has 1 aliphatic heterocycles. The molecule has 0 aliphatic carbocycles. The van der Waals surface area contributed by atoms with Gasteiger partial charge in [-0.15, -0.1) is 0 Å². The summed E-state index contributed by atoms with van der Waals surface area (Å²) < 4.78 is 23.5. The van der Waals surface area contributed by atoms with E-state index in [4.69, 9.17) is 18.9 Å². The Morgan fingerprint density at radius 2 is 1.73 bits per heavy atom. The Labute approximate surface area is 260 Å². The lowest BCUT2D eigenvalue weighted by Crippen LogP contribution is -2.44. The number of hydrogen-bond donors (Lipinski definition) is 3. The highest BCUT2D eigenvalue weighted by atomic mass is 16.5. The zero-order valence-electron chi connectivity index (χ0n) is 26.0. The van der Waals surface area contributed by atoms with Crippen LogP contribution in [-0.4, -0.2) is 64.0 Å². The van der Waals surface area contributed by atoms with Crippen molar-refractivity contribution in [2.45, 2.75) is 57.8 Å². The van der Waals surface area contributed by atoms with Crippen LogP contribution in [-0.2, 0) is 32.1 Å². The normalized spacial score (nSPS) is 17.0. The van der Waals surface area contributed by atoms with Gasteiger partial charge in [-0.05, 0) is 61.7 Å². The number of carbonyl (C=O) groups excluding carboxylic acids is 2. The number of nitrogens with one attached hydrogen (secondary N) is 3. The van der Waals surface area contributed by atoms with Crippen LogP contribution in [0.4, 0.5) is 5.69 Å². The molecule has 2 amide bonds. The molecule has 0 saturated carbocycles. The zero-order chi connectivity index (χ0) is 31.1. The average Bonchev–Trinajstić information content (AvgIpc) is 3.04. The van der Waals surface area contributed by atoms with Gasteiger partial charge in [0, 0.05) is 43.6 Å². The van der Waals surface area contributed by atoms with Crippen molar-refractivity contribution < 1.29 is 28.5 Å². The van der Waals surface area contributed by atoms with Gasteiger partial charge in [-0.25, -0.2) is 0 Å². The zero-order valence-corrected chi connectivity index (χ0v) is 26.0. The number of ether oxygens (including phenoxy) is 4. The largest absolute Gasteiger partial charge is 0.496 e. The van der Waals surface area contributed by atoms with Gasteiger partial charge >= 0.3 is 0 Å². The summed E-state index contributed by atoms with van der Waals surface area (Å²) >= 11 is 0. The summed E-state index contributed by atoms with van der Waals surface area (Å²) in [6, 6.07) is 23.7. The van der Waals surface area contributed by atoms with E-state index in [1.165, 1.54) is 12.5 Å². The molecule has 1 aliphatic rings. The molecule has 9 heteroatoms. The van der Waals surface area contributed by atoms with Crippen LogP contribution in [0.15, 0.2) is 72.8 Å². The van der Waals surface area contributed by atoms with Gasteiger partial charge in [0.25, 0.3) is 5.91 Å². The molecule has 236 valence electrons. The summed E-state index contributed by atoms with van der Waals surface area (Å²) in [5, 5.41) is 9.23. The Kier molecular flexibility index (Phi) is 13.0. The molecule has 3 aromatic carbocycles. The van der Waals surface area contributed by atoms with E-state index in [9.17, 15) is 9.59 Å². The molecule has 0 unspecified atom stereocenters. The monoisotopic (exact) mass is 603 g/mol. The van der Waals surface area contributed by atoms with Crippen molar-refractivity contribution in [3.05, 3.63) is 89.5 Å². The van der Waals surface area contributed by atoms with Crippen molar-refractivity contribution in [1.29, 1.82) is 0 Å². The molecule has 1 fully saturated rings. The predicted octanol–water partition coefficient (Wildman–Crippen LogP) is 4.85. The van der Waals surface area contributed by atoms with Crippen LogP contribution < -0.4 is 25.4 Å². The molecule has 1 saturated heterocycles. The number of rotatable bonds is 16. The smallest absolute Gasteiger partial charge is 0.253 e. The third-order valence-electron chi connectivity index (χ3n) is 7.68. The van der Waals surface area contributed by atoms with Crippen LogP contribution in [0.2, 0.25) is 0 Å². The molecule has 0 radical (unpaired) electrons. The predicted molar refractivity (Wildman–Crippen MR) is 171 cm³/mol. The molecule has 0 bridgehead atoms. The number of para-hydroxylation sites is 2. The van der Waals surface area contributed by atoms with Crippen molar-refractivity contribution in [2.24, 2.45) is 0 Å². The van der Waals surface area contributed by atoms with Gasteiger partial charge < -0.3 is 34.9 Å². The van der Waals surface area contributed by atoms with Gasteiger partial charge in [-0.3, -0.25) is 9.59 Å². The molecule has 0 spiro atoms. The Morgan fingerprint density at radius 1 is 0.977 bits per heavy atom. The molecule has 4 rings (SSSR count). The summed E-state index contributed by atoms with van der Waals surface area (Å²) in [6.07, 6.45) is 1.53. The number of benzene rings is 3. The van der Waals surface area contributed by atoms with Crippen molar-refractivity contribution in [1.82, 2.24) is 10.6 Å². The van der Waals surface area contributed by atoms with E-state index in [1.807, 2.05) is 60.7 Å². The fourth-order valence-electron chi connectivity index (χ4n) is 5.31. The van der Waals surface area contributed by atoms with Gasteiger partial charge in [0.2, 0.25) is 5.91 Å². The van der Waals surface area contributed by atoms with Gasteiger partial charge in [-0.2, -0.15) is 0 Å². The van der Waals surface area contributed by atoms with E-state index in [1.54, 1.807) is 14.0 Å². The summed E-state index contributed by atoms with van der Waals surface area (Å²) in [4.78, 5) is 24.4. The summed E-state index contributed by atoms with van der Waals surface area (Å²) in [6.45, 7) is 7.01. The van der Waals surface area contributed by atoms with Crippen LogP contribution in [0.1, 0.15) is 49.3 Å². The maximum atomic E-state index is 13.1. The number of piperidine rings is 1. The van der Waals surface area contributed by atoms with Crippen LogP contribution in [0.3, 0.4) is 0 Å². The lowest BCUT2D eigenvalue weighted by molar-refractivity contribution is -0.131. The maximum Gasteiger partial charge on any atom is 0.253 e.